The van der Waals surface area contributed by atoms with E-state index in [9.17, 15) is 4.57 Å². The van der Waals surface area contributed by atoms with E-state index < -0.39 is 8.25 Å². The Bertz CT molecular complexity index is 590. The second-order valence-electron chi connectivity index (χ2n) is 7.98. The van der Waals surface area contributed by atoms with Crippen molar-refractivity contribution in [1.82, 2.24) is 0 Å². The molecule has 1 aromatic rings. The first kappa shape index (κ1) is 29.7. The first-order valence-corrected chi connectivity index (χ1v) is 14.5. The molecular formula is C24H41ClO5PS+. The fourth-order valence-corrected chi connectivity index (χ4v) is 5.08. The lowest BCUT2D eigenvalue weighted by Crippen LogP contribution is -2.24. The smallest absolute Gasteiger partial charge is 0.494 e. The van der Waals surface area contributed by atoms with Gasteiger partial charge in [0.05, 0.1) is 12.7 Å². The first-order valence-electron chi connectivity index (χ1n) is 11.9. The predicted octanol–water partition coefficient (Wildman–Crippen LogP) is 7.81. The molecule has 8 heteroatoms. The first-order chi connectivity index (χ1) is 15.5. The number of hydrogen-bond donors (Lipinski definition) is 1. The van der Waals surface area contributed by atoms with Crippen molar-refractivity contribution in [3.05, 3.63) is 29.3 Å². The number of halogens is 1. The molecule has 0 saturated heterocycles. The maximum atomic E-state index is 10.6. The van der Waals surface area contributed by atoms with Crippen molar-refractivity contribution in [3.8, 4) is 5.75 Å². The molecule has 0 heterocycles. The summed E-state index contributed by atoms with van der Waals surface area (Å²) >= 11 is 7.91. The Morgan fingerprint density at radius 1 is 0.969 bits per heavy atom. The summed E-state index contributed by atoms with van der Waals surface area (Å²) in [4.78, 5) is 8.68. The van der Waals surface area contributed by atoms with Crippen LogP contribution in [0, 0.1) is 0 Å². The topological polar surface area (TPSA) is 65.0 Å². The lowest BCUT2D eigenvalue weighted by molar-refractivity contribution is 0.0543. The zero-order valence-electron chi connectivity index (χ0n) is 19.7. The van der Waals surface area contributed by atoms with Gasteiger partial charge in [0.15, 0.2) is 0 Å². The number of ether oxygens (including phenoxy) is 2. The molecule has 0 amide bonds. The quantitative estimate of drug-likeness (QED) is 0.135. The lowest BCUT2D eigenvalue weighted by atomic mass is 10.1. The van der Waals surface area contributed by atoms with Crippen molar-refractivity contribution in [1.29, 1.82) is 0 Å². The van der Waals surface area contributed by atoms with Gasteiger partial charge in [0.1, 0.15) is 12.4 Å². The van der Waals surface area contributed by atoms with Crippen LogP contribution in [0.5, 0.6) is 5.75 Å². The van der Waals surface area contributed by atoms with E-state index in [2.05, 4.69) is 13.8 Å². The molecule has 0 spiro atoms. The van der Waals surface area contributed by atoms with E-state index in [0.717, 1.165) is 36.0 Å². The van der Waals surface area contributed by atoms with Gasteiger partial charge < -0.3 is 9.47 Å². The van der Waals surface area contributed by atoms with Crippen molar-refractivity contribution in [3.63, 3.8) is 0 Å². The molecular weight excluding hydrogens is 467 g/mol. The van der Waals surface area contributed by atoms with Crippen LogP contribution in [0.15, 0.2) is 24.3 Å². The number of rotatable bonds is 21. The molecule has 0 saturated carbocycles. The molecule has 184 valence electrons. The minimum atomic E-state index is -2.51. The van der Waals surface area contributed by atoms with Gasteiger partial charge in [0, 0.05) is 21.4 Å². The highest BCUT2D eigenvalue weighted by molar-refractivity contribution is 7.99. The van der Waals surface area contributed by atoms with Crippen LogP contribution in [0.25, 0.3) is 0 Å². The van der Waals surface area contributed by atoms with Crippen LogP contribution in [0.1, 0.15) is 78.1 Å². The zero-order chi connectivity index (χ0) is 23.4. The van der Waals surface area contributed by atoms with Gasteiger partial charge in [0.2, 0.25) is 0 Å². The van der Waals surface area contributed by atoms with Gasteiger partial charge in [-0.25, -0.2) is 0 Å². The molecule has 0 aliphatic carbocycles. The molecule has 3 atom stereocenters. The number of benzene rings is 1. The Hall–Kier alpha value is -0.360. The van der Waals surface area contributed by atoms with Crippen LogP contribution in [-0.4, -0.2) is 41.8 Å². The van der Waals surface area contributed by atoms with Crippen LogP contribution < -0.4 is 4.74 Å². The summed E-state index contributed by atoms with van der Waals surface area (Å²) in [6.07, 6.45) is 11.8. The van der Waals surface area contributed by atoms with Crippen molar-refractivity contribution in [2.75, 3.05) is 25.6 Å². The molecule has 0 aromatic heterocycles. The average molecular weight is 508 g/mol. The van der Waals surface area contributed by atoms with Gasteiger partial charge in [-0.1, -0.05) is 50.6 Å². The molecule has 0 aliphatic heterocycles. The summed E-state index contributed by atoms with van der Waals surface area (Å²) in [6.45, 7) is 5.93. The minimum Gasteiger partial charge on any atom is -0.494 e. The van der Waals surface area contributed by atoms with Crippen LogP contribution in [-0.2, 0) is 13.8 Å². The van der Waals surface area contributed by atoms with Crippen LogP contribution >= 0.6 is 31.6 Å². The molecule has 0 bridgehead atoms. The number of hydrogen-bond acceptors (Lipinski definition) is 5. The van der Waals surface area contributed by atoms with Crippen LogP contribution in [0.2, 0.25) is 5.02 Å². The van der Waals surface area contributed by atoms with Gasteiger partial charge in [-0.15, -0.1) is 9.42 Å². The molecule has 1 N–H and O–H groups in total. The minimum absolute atomic E-state index is 0.169. The summed E-state index contributed by atoms with van der Waals surface area (Å²) in [7, 11) is -2.51. The normalized spacial score (nSPS) is 13.7. The maximum absolute atomic E-state index is 10.6. The monoisotopic (exact) mass is 507 g/mol. The predicted molar refractivity (Wildman–Crippen MR) is 136 cm³/mol. The van der Waals surface area contributed by atoms with Gasteiger partial charge in [-0.05, 0) is 69.0 Å². The van der Waals surface area contributed by atoms with Gasteiger partial charge >= 0.3 is 8.25 Å². The largest absolute Gasteiger partial charge is 0.694 e. The fourth-order valence-electron chi connectivity index (χ4n) is 3.32. The van der Waals surface area contributed by atoms with Gasteiger partial charge in [-0.2, -0.15) is 11.8 Å². The lowest BCUT2D eigenvalue weighted by Gasteiger charge is -2.24. The van der Waals surface area contributed by atoms with Gasteiger partial charge in [-0.3, -0.25) is 0 Å². The summed E-state index contributed by atoms with van der Waals surface area (Å²) < 4.78 is 27.0. The Balaban J connectivity index is 2.22. The summed E-state index contributed by atoms with van der Waals surface area (Å²) in [5, 5.41) is 1.21. The second-order valence-corrected chi connectivity index (χ2v) is 10.5. The van der Waals surface area contributed by atoms with Crippen molar-refractivity contribution < 1.29 is 23.5 Å². The van der Waals surface area contributed by atoms with Crippen molar-refractivity contribution in [2.24, 2.45) is 0 Å². The third-order valence-corrected chi connectivity index (χ3v) is 7.42. The Kier molecular flexibility index (Phi) is 18.6. The molecule has 32 heavy (non-hydrogen) atoms. The average Bonchev–Trinajstić information content (AvgIpc) is 2.77. The highest BCUT2D eigenvalue weighted by Crippen LogP contribution is 2.25. The SMILES string of the molecule is CCCCCCC[C@H](SCCCCCOc1ccc(Cl)cc1)[C@@H](C)OCCCO[P+](=O)O. The summed E-state index contributed by atoms with van der Waals surface area (Å²) in [6, 6.07) is 7.50. The second kappa shape index (κ2) is 20.1. The highest BCUT2D eigenvalue weighted by Gasteiger charge is 2.18. The summed E-state index contributed by atoms with van der Waals surface area (Å²) in [5.74, 6) is 2.00. The number of thioether (sulfide) groups is 1. The molecule has 1 rings (SSSR count). The molecule has 0 aliphatic rings. The van der Waals surface area contributed by atoms with Crippen LogP contribution in [0.4, 0.5) is 0 Å². The van der Waals surface area contributed by atoms with E-state index in [-0.39, 0.29) is 12.7 Å². The van der Waals surface area contributed by atoms with E-state index >= 15 is 0 Å². The van der Waals surface area contributed by atoms with E-state index in [1.165, 1.54) is 44.9 Å². The third-order valence-electron chi connectivity index (χ3n) is 5.19. The van der Waals surface area contributed by atoms with Crippen LogP contribution in [0.3, 0.4) is 0 Å². The van der Waals surface area contributed by atoms with Crippen molar-refractivity contribution >= 4 is 31.6 Å². The Labute approximate surface area is 204 Å². The molecule has 0 fully saturated rings. The Morgan fingerprint density at radius 3 is 2.41 bits per heavy atom. The van der Waals surface area contributed by atoms with Crippen molar-refractivity contribution in [2.45, 2.75) is 89.4 Å². The standard InChI is InChI=1S/C24H40ClO5PS/c1-3-4-5-6-8-12-24(21(2)28-18-11-19-30-31(26)27)32-20-10-7-9-17-29-23-15-13-22(25)14-16-23/h13-16,21,24H,3-12,17-20H2,1-2H3/p+1/t21-,24+/m1/s1. The zero-order valence-corrected chi connectivity index (χ0v) is 22.1. The van der Waals surface area contributed by atoms with E-state index in [0.29, 0.717) is 18.3 Å². The van der Waals surface area contributed by atoms with E-state index in [1.54, 1.807) is 0 Å². The van der Waals surface area contributed by atoms with Gasteiger partial charge in [0.25, 0.3) is 0 Å². The highest BCUT2D eigenvalue weighted by atomic mass is 35.5. The molecule has 1 aromatic carbocycles. The third kappa shape index (κ3) is 16.3. The van der Waals surface area contributed by atoms with E-state index in [1.807, 2.05) is 36.0 Å². The fraction of sp³-hybridized carbons (Fsp3) is 0.750. The Morgan fingerprint density at radius 2 is 1.69 bits per heavy atom. The molecule has 1 unspecified atom stereocenters. The molecule has 5 nitrogen and oxygen atoms in total. The molecule has 0 radical (unpaired) electrons. The summed E-state index contributed by atoms with van der Waals surface area (Å²) in [5.41, 5.74) is 0. The number of unbranched alkanes of at least 4 members (excludes halogenated alkanes) is 6. The maximum Gasteiger partial charge on any atom is 0.694 e. The van der Waals surface area contributed by atoms with E-state index in [4.69, 9.17) is 30.5 Å².